The lowest BCUT2D eigenvalue weighted by molar-refractivity contribution is -0.0583. The zero-order valence-electron chi connectivity index (χ0n) is 14.8. The summed E-state index contributed by atoms with van der Waals surface area (Å²) < 4.78 is 12.9. The Balaban J connectivity index is 1.64. The van der Waals surface area contributed by atoms with Gasteiger partial charge in [-0.3, -0.25) is 4.57 Å². The number of hydrogen-bond donors (Lipinski definition) is 3. The number of imidazole rings is 1. The lowest BCUT2D eigenvalue weighted by Gasteiger charge is -2.23. The number of aliphatic hydroxyl groups is 2. The van der Waals surface area contributed by atoms with E-state index in [1.807, 2.05) is 0 Å². The van der Waals surface area contributed by atoms with Crippen LogP contribution in [0, 0.1) is 0 Å². The van der Waals surface area contributed by atoms with Crippen LogP contribution in [-0.4, -0.2) is 67.8 Å². The van der Waals surface area contributed by atoms with E-state index in [0.29, 0.717) is 23.0 Å². The Bertz CT molecular complexity index is 748. The van der Waals surface area contributed by atoms with Gasteiger partial charge < -0.3 is 25.0 Å². The Morgan fingerprint density at radius 3 is 2.81 bits per heavy atom. The van der Waals surface area contributed by atoms with Crippen LogP contribution >= 0.6 is 0 Å². The van der Waals surface area contributed by atoms with Crippen LogP contribution in [0.5, 0.6) is 0 Å². The number of fused-ring (bicyclic) bond motifs is 1. The van der Waals surface area contributed by atoms with Gasteiger partial charge in [-0.15, -0.1) is 0 Å². The molecule has 2 aromatic rings. The standard InChI is InChI=1S/C17H25N5O4/c1-25-14-13(24)11(7-23)26-17(14)22-9-20-12-15(18-8-19-16(12)22)21-10-5-3-2-4-6-10/h8-11,13-14,17,23-24H,2-7H2,1H3,(H,18,19,21)/t11-,13-,14-,17-/m0/s1. The first-order valence-corrected chi connectivity index (χ1v) is 9.14. The lowest BCUT2D eigenvalue weighted by atomic mass is 9.95. The Hall–Kier alpha value is -1.81. The van der Waals surface area contributed by atoms with E-state index in [2.05, 4.69) is 20.3 Å². The Labute approximate surface area is 151 Å². The number of aromatic nitrogens is 4. The predicted octanol–water partition coefficient (Wildman–Crippen LogP) is 0.836. The smallest absolute Gasteiger partial charge is 0.167 e. The molecule has 26 heavy (non-hydrogen) atoms. The monoisotopic (exact) mass is 363 g/mol. The van der Waals surface area contributed by atoms with Gasteiger partial charge >= 0.3 is 0 Å². The van der Waals surface area contributed by atoms with Gasteiger partial charge in [-0.25, -0.2) is 15.0 Å². The van der Waals surface area contributed by atoms with Crippen molar-refractivity contribution in [2.24, 2.45) is 0 Å². The van der Waals surface area contributed by atoms with E-state index in [0.717, 1.165) is 12.8 Å². The number of ether oxygens (including phenoxy) is 2. The molecule has 2 aromatic heterocycles. The van der Waals surface area contributed by atoms with E-state index in [4.69, 9.17) is 9.47 Å². The fourth-order valence-corrected chi connectivity index (χ4v) is 3.93. The number of anilines is 1. The maximum absolute atomic E-state index is 10.3. The Morgan fingerprint density at radius 2 is 2.08 bits per heavy atom. The summed E-state index contributed by atoms with van der Waals surface area (Å²) in [5.41, 5.74) is 1.27. The average Bonchev–Trinajstić information content (AvgIpc) is 3.23. The fraction of sp³-hybridized carbons (Fsp3) is 0.706. The van der Waals surface area contributed by atoms with E-state index in [1.165, 1.54) is 32.7 Å². The normalized spacial score (nSPS) is 30.1. The topological polar surface area (TPSA) is 115 Å². The summed E-state index contributed by atoms with van der Waals surface area (Å²) >= 11 is 0. The zero-order valence-corrected chi connectivity index (χ0v) is 14.8. The molecule has 9 heteroatoms. The highest BCUT2D eigenvalue weighted by atomic mass is 16.6. The van der Waals surface area contributed by atoms with Gasteiger partial charge in [-0.05, 0) is 12.8 Å². The SMILES string of the molecule is CO[C@H]1[C@@H](O)[C@H](CO)O[C@@H]1n1cnc2c(NC3CCCCC3)ncnc21. The first-order valence-electron chi connectivity index (χ1n) is 9.14. The quantitative estimate of drug-likeness (QED) is 0.716. The summed E-state index contributed by atoms with van der Waals surface area (Å²) in [5.74, 6) is 0.715. The summed E-state index contributed by atoms with van der Waals surface area (Å²) in [6.45, 7) is -0.284. The summed E-state index contributed by atoms with van der Waals surface area (Å²) in [6.07, 6.45) is 6.27. The van der Waals surface area contributed by atoms with Crippen molar-refractivity contribution in [1.29, 1.82) is 0 Å². The molecule has 1 aliphatic heterocycles. The molecule has 9 nitrogen and oxygen atoms in total. The van der Waals surface area contributed by atoms with Crippen LogP contribution in [0.15, 0.2) is 12.7 Å². The van der Waals surface area contributed by atoms with Gasteiger partial charge in [0.15, 0.2) is 23.2 Å². The van der Waals surface area contributed by atoms with Crippen LogP contribution in [0.4, 0.5) is 5.82 Å². The van der Waals surface area contributed by atoms with Gasteiger partial charge in [0, 0.05) is 13.2 Å². The fourth-order valence-electron chi connectivity index (χ4n) is 3.93. The third-order valence-electron chi connectivity index (χ3n) is 5.34. The Morgan fingerprint density at radius 1 is 1.27 bits per heavy atom. The number of hydrogen-bond acceptors (Lipinski definition) is 8. The molecular formula is C17H25N5O4. The number of methoxy groups -OCH3 is 1. The van der Waals surface area contributed by atoms with Crippen molar-refractivity contribution in [3.05, 3.63) is 12.7 Å². The van der Waals surface area contributed by atoms with Crippen LogP contribution in [-0.2, 0) is 9.47 Å². The van der Waals surface area contributed by atoms with Gasteiger partial charge in [0.1, 0.15) is 24.6 Å². The van der Waals surface area contributed by atoms with Gasteiger partial charge in [-0.2, -0.15) is 0 Å². The van der Waals surface area contributed by atoms with Crippen molar-refractivity contribution in [2.45, 2.75) is 62.7 Å². The molecule has 3 heterocycles. The van der Waals surface area contributed by atoms with E-state index >= 15 is 0 Å². The van der Waals surface area contributed by atoms with Crippen molar-refractivity contribution >= 4 is 17.0 Å². The van der Waals surface area contributed by atoms with Gasteiger partial charge in [-0.1, -0.05) is 19.3 Å². The molecule has 4 atom stereocenters. The summed E-state index contributed by atoms with van der Waals surface area (Å²) in [4.78, 5) is 13.2. The van der Waals surface area contributed by atoms with Gasteiger partial charge in [0.25, 0.3) is 0 Å². The number of rotatable bonds is 5. The molecular weight excluding hydrogens is 338 g/mol. The van der Waals surface area contributed by atoms with E-state index in [-0.39, 0.29) is 6.61 Å². The minimum Gasteiger partial charge on any atom is -0.394 e. The molecule has 2 fully saturated rings. The summed E-state index contributed by atoms with van der Waals surface area (Å²) in [7, 11) is 1.51. The number of nitrogens with one attached hydrogen (secondary N) is 1. The molecule has 142 valence electrons. The maximum atomic E-state index is 10.3. The minimum absolute atomic E-state index is 0.284. The maximum Gasteiger partial charge on any atom is 0.167 e. The van der Waals surface area contributed by atoms with Crippen LogP contribution < -0.4 is 5.32 Å². The molecule has 1 aliphatic carbocycles. The minimum atomic E-state index is -0.922. The lowest BCUT2D eigenvalue weighted by Crippen LogP contribution is -2.34. The highest BCUT2D eigenvalue weighted by molar-refractivity contribution is 5.82. The number of nitrogens with zero attached hydrogens (tertiary/aromatic N) is 4. The zero-order chi connectivity index (χ0) is 18.1. The molecule has 0 radical (unpaired) electrons. The van der Waals surface area contributed by atoms with Crippen LogP contribution in [0.1, 0.15) is 38.3 Å². The third-order valence-corrected chi connectivity index (χ3v) is 5.34. The third kappa shape index (κ3) is 3.05. The highest BCUT2D eigenvalue weighted by Gasteiger charge is 2.45. The highest BCUT2D eigenvalue weighted by Crippen LogP contribution is 2.34. The van der Waals surface area contributed by atoms with Crippen LogP contribution in [0.3, 0.4) is 0 Å². The molecule has 1 saturated carbocycles. The molecule has 2 aliphatic rings. The van der Waals surface area contributed by atoms with Gasteiger partial charge in [0.2, 0.25) is 0 Å². The van der Waals surface area contributed by atoms with Crippen molar-refractivity contribution in [1.82, 2.24) is 19.5 Å². The largest absolute Gasteiger partial charge is 0.394 e. The molecule has 4 rings (SSSR count). The average molecular weight is 363 g/mol. The molecule has 0 amide bonds. The van der Waals surface area contributed by atoms with Crippen LogP contribution in [0.2, 0.25) is 0 Å². The van der Waals surface area contributed by atoms with E-state index in [1.54, 1.807) is 10.9 Å². The molecule has 0 unspecified atom stereocenters. The molecule has 0 bridgehead atoms. The molecule has 0 aromatic carbocycles. The van der Waals surface area contributed by atoms with E-state index < -0.39 is 24.5 Å². The van der Waals surface area contributed by atoms with Crippen molar-refractivity contribution in [2.75, 3.05) is 19.0 Å². The second-order valence-electron chi connectivity index (χ2n) is 6.96. The molecule has 1 saturated heterocycles. The van der Waals surface area contributed by atoms with Gasteiger partial charge in [0.05, 0.1) is 12.9 Å². The second-order valence-corrected chi connectivity index (χ2v) is 6.96. The van der Waals surface area contributed by atoms with Crippen molar-refractivity contribution < 1.29 is 19.7 Å². The first kappa shape index (κ1) is 17.6. The molecule has 3 N–H and O–H groups in total. The Kier molecular flexibility index (Phi) is 5.03. The van der Waals surface area contributed by atoms with Crippen LogP contribution in [0.25, 0.3) is 11.2 Å². The van der Waals surface area contributed by atoms with E-state index in [9.17, 15) is 10.2 Å². The second kappa shape index (κ2) is 7.43. The van der Waals surface area contributed by atoms with Crippen molar-refractivity contribution in [3.8, 4) is 0 Å². The van der Waals surface area contributed by atoms with Crippen molar-refractivity contribution in [3.63, 3.8) is 0 Å². The first-order chi connectivity index (χ1) is 12.7. The predicted molar refractivity (Wildman–Crippen MR) is 93.6 cm³/mol. The number of aliphatic hydroxyl groups excluding tert-OH is 2. The summed E-state index contributed by atoms with van der Waals surface area (Å²) in [5, 5.41) is 23.2. The summed E-state index contributed by atoms with van der Waals surface area (Å²) in [6, 6.07) is 0.405. The molecule has 0 spiro atoms.